The topological polar surface area (TPSA) is 68.9 Å². The third-order valence-electron chi connectivity index (χ3n) is 4.42. The minimum Gasteiger partial charge on any atom is -0.258 e. The number of thiophene rings is 1. The van der Waals surface area contributed by atoms with Crippen LogP contribution in [-0.4, -0.2) is 14.9 Å². The van der Waals surface area contributed by atoms with Crippen LogP contribution in [0.5, 0.6) is 0 Å². The van der Waals surface area contributed by atoms with Crippen LogP contribution in [0.2, 0.25) is 0 Å². The Labute approximate surface area is 153 Å². The van der Waals surface area contributed by atoms with Crippen LogP contribution in [0, 0.1) is 17.0 Å². The van der Waals surface area contributed by atoms with Crippen LogP contribution in [0.4, 0.5) is 5.69 Å². The summed E-state index contributed by atoms with van der Waals surface area (Å²) in [4.78, 5) is 22.3. The molecule has 1 aliphatic carbocycles. The van der Waals surface area contributed by atoms with Crippen molar-refractivity contribution in [3.05, 3.63) is 56.2 Å². The Balaban J connectivity index is 1.64. The minimum absolute atomic E-state index is 0.126. The molecule has 0 aliphatic heterocycles. The smallest absolute Gasteiger partial charge is 0.258 e. The van der Waals surface area contributed by atoms with Gasteiger partial charge in [0.2, 0.25) is 0 Å². The van der Waals surface area contributed by atoms with Crippen molar-refractivity contribution in [1.29, 1.82) is 0 Å². The van der Waals surface area contributed by atoms with Gasteiger partial charge >= 0.3 is 0 Å². The highest BCUT2D eigenvalue weighted by Gasteiger charge is 2.20. The normalized spacial score (nSPS) is 13.8. The van der Waals surface area contributed by atoms with E-state index in [1.165, 1.54) is 28.7 Å². The quantitative estimate of drug-likeness (QED) is 0.277. The van der Waals surface area contributed by atoms with Gasteiger partial charge in [0.25, 0.3) is 5.69 Å². The van der Waals surface area contributed by atoms with Crippen LogP contribution in [0.1, 0.15) is 34.7 Å². The number of aromatic nitrogens is 2. The second-order valence-electron chi connectivity index (χ2n) is 6.18. The highest BCUT2D eigenvalue weighted by Crippen LogP contribution is 2.40. The van der Waals surface area contributed by atoms with E-state index in [9.17, 15) is 10.1 Å². The molecule has 0 amide bonds. The molecule has 4 rings (SSSR count). The molecule has 128 valence electrons. The van der Waals surface area contributed by atoms with Crippen LogP contribution < -0.4 is 0 Å². The number of nitro benzene ring substituents is 1. The largest absolute Gasteiger partial charge is 0.269 e. The van der Waals surface area contributed by atoms with E-state index >= 15 is 0 Å². The van der Waals surface area contributed by atoms with Crippen LogP contribution >= 0.6 is 23.1 Å². The number of non-ortho nitro benzene ring substituents is 1. The van der Waals surface area contributed by atoms with Gasteiger partial charge in [-0.2, -0.15) is 0 Å². The van der Waals surface area contributed by atoms with Crippen molar-refractivity contribution < 1.29 is 4.92 Å². The third kappa shape index (κ3) is 3.26. The van der Waals surface area contributed by atoms with Gasteiger partial charge in [-0.15, -0.1) is 23.1 Å². The average molecular weight is 371 g/mol. The number of fused-ring (bicyclic) bond motifs is 3. The SMILES string of the molecule is Cc1nc(SCc2ccc([N+](=O)[O-])cc2)c2c3c(sc2n1)CCCC3. The van der Waals surface area contributed by atoms with E-state index in [1.807, 2.05) is 30.4 Å². The summed E-state index contributed by atoms with van der Waals surface area (Å²) in [5, 5.41) is 13.0. The Kier molecular flexibility index (Phi) is 4.43. The standard InChI is InChI=1S/C18H17N3O2S2/c1-11-19-17(24-10-12-6-8-13(9-7-12)21(22)23)16-14-4-2-3-5-15(14)25-18(16)20-11/h6-9H,2-5,10H2,1H3. The van der Waals surface area contributed by atoms with Gasteiger partial charge in [0.1, 0.15) is 15.7 Å². The maximum absolute atomic E-state index is 10.8. The molecule has 0 unspecified atom stereocenters. The zero-order chi connectivity index (χ0) is 17.4. The van der Waals surface area contributed by atoms with Crippen molar-refractivity contribution in [1.82, 2.24) is 9.97 Å². The Morgan fingerprint density at radius 1 is 1.20 bits per heavy atom. The molecule has 5 nitrogen and oxygen atoms in total. The molecule has 1 aromatic carbocycles. The van der Waals surface area contributed by atoms with Gasteiger partial charge in [0.15, 0.2) is 0 Å². The summed E-state index contributed by atoms with van der Waals surface area (Å²) < 4.78 is 0. The monoisotopic (exact) mass is 371 g/mol. The summed E-state index contributed by atoms with van der Waals surface area (Å²) in [7, 11) is 0. The van der Waals surface area contributed by atoms with Crippen molar-refractivity contribution in [2.45, 2.75) is 43.4 Å². The highest BCUT2D eigenvalue weighted by atomic mass is 32.2. The maximum Gasteiger partial charge on any atom is 0.269 e. The summed E-state index contributed by atoms with van der Waals surface area (Å²) in [6.45, 7) is 1.94. The summed E-state index contributed by atoms with van der Waals surface area (Å²) in [5.74, 6) is 1.55. The lowest BCUT2D eigenvalue weighted by molar-refractivity contribution is -0.384. The number of benzene rings is 1. The van der Waals surface area contributed by atoms with Crippen molar-refractivity contribution in [3.8, 4) is 0 Å². The molecule has 25 heavy (non-hydrogen) atoms. The highest BCUT2D eigenvalue weighted by molar-refractivity contribution is 7.98. The fourth-order valence-electron chi connectivity index (χ4n) is 3.20. The maximum atomic E-state index is 10.8. The zero-order valence-electron chi connectivity index (χ0n) is 13.8. The van der Waals surface area contributed by atoms with Crippen LogP contribution in [-0.2, 0) is 18.6 Å². The first-order chi connectivity index (χ1) is 12.1. The molecule has 0 spiro atoms. The fourth-order valence-corrected chi connectivity index (χ4v) is 5.62. The Bertz CT molecular complexity index is 951. The van der Waals surface area contributed by atoms with Crippen molar-refractivity contribution in [2.75, 3.05) is 0 Å². The average Bonchev–Trinajstić information content (AvgIpc) is 2.98. The van der Waals surface area contributed by atoms with Crippen LogP contribution in [0.25, 0.3) is 10.2 Å². The molecule has 0 radical (unpaired) electrons. The number of nitro groups is 1. The lowest BCUT2D eigenvalue weighted by atomic mass is 9.97. The Morgan fingerprint density at radius 2 is 1.96 bits per heavy atom. The molecular weight excluding hydrogens is 354 g/mol. The first-order valence-corrected chi connectivity index (χ1v) is 10.1. The summed E-state index contributed by atoms with van der Waals surface area (Å²) in [5.41, 5.74) is 2.63. The van der Waals surface area contributed by atoms with E-state index in [4.69, 9.17) is 4.98 Å². The Morgan fingerprint density at radius 3 is 2.72 bits per heavy atom. The molecule has 0 atom stereocenters. The summed E-state index contributed by atoms with van der Waals surface area (Å²) in [6.07, 6.45) is 4.77. The van der Waals surface area contributed by atoms with E-state index < -0.39 is 0 Å². The van der Waals surface area contributed by atoms with E-state index in [0.29, 0.717) is 0 Å². The van der Waals surface area contributed by atoms with Crippen molar-refractivity contribution >= 4 is 39.0 Å². The number of thioether (sulfide) groups is 1. The lowest BCUT2D eigenvalue weighted by Gasteiger charge is -2.11. The second kappa shape index (κ2) is 6.72. The lowest BCUT2D eigenvalue weighted by Crippen LogP contribution is -1.99. The molecule has 1 aliphatic rings. The molecule has 0 bridgehead atoms. The van der Waals surface area contributed by atoms with Crippen LogP contribution in [0.3, 0.4) is 0 Å². The molecule has 2 aromatic heterocycles. The predicted octanol–water partition coefficient (Wildman–Crippen LogP) is 5.08. The van der Waals surface area contributed by atoms with Gasteiger partial charge in [0.05, 0.1) is 4.92 Å². The molecule has 7 heteroatoms. The number of hydrogen-bond donors (Lipinski definition) is 0. The molecule has 3 aromatic rings. The van der Waals surface area contributed by atoms with Crippen molar-refractivity contribution in [2.24, 2.45) is 0 Å². The van der Waals surface area contributed by atoms with E-state index in [-0.39, 0.29) is 10.6 Å². The number of hydrogen-bond acceptors (Lipinski definition) is 6. The zero-order valence-corrected chi connectivity index (χ0v) is 15.5. The first kappa shape index (κ1) is 16.5. The molecular formula is C18H17N3O2S2. The second-order valence-corrected chi connectivity index (χ2v) is 8.23. The van der Waals surface area contributed by atoms with Gasteiger partial charge in [-0.1, -0.05) is 12.1 Å². The van der Waals surface area contributed by atoms with Gasteiger partial charge in [-0.05, 0) is 43.7 Å². The van der Waals surface area contributed by atoms with Crippen LogP contribution in [0.15, 0.2) is 29.3 Å². The predicted molar refractivity (Wildman–Crippen MR) is 101 cm³/mol. The summed E-state index contributed by atoms with van der Waals surface area (Å²) >= 11 is 3.51. The number of rotatable bonds is 4. The number of nitrogens with zero attached hydrogens (tertiary/aromatic N) is 3. The van der Waals surface area contributed by atoms with Gasteiger partial charge in [0, 0.05) is 28.1 Å². The molecule has 0 fully saturated rings. The van der Waals surface area contributed by atoms with Gasteiger partial charge in [-0.25, -0.2) is 9.97 Å². The van der Waals surface area contributed by atoms with Gasteiger partial charge in [-0.3, -0.25) is 10.1 Å². The summed E-state index contributed by atoms with van der Waals surface area (Å²) in [6, 6.07) is 6.76. The minimum atomic E-state index is -0.369. The van der Waals surface area contributed by atoms with Crippen molar-refractivity contribution in [3.63, 3.8) is 0 Å². The van der Waals surface area contributed by atoms with E-state index in [0.717, 1.165) is 39.8 Å². The van der Waals surface area contributed by atoms with E-state index in [2.05, 4.69) is 4.98 Å². The molecule has 2 heterocycles. The Hall–Kier alpha value is -1.99. The van der Waals surface area contributed by atoms with E-state index in [1.54, 1.807) is 23.9 Å². The third-order valence-corrected chi connectivity index (χ3v) is 6.65. The molecule has 0 saturated carbocycles. The first-order valence-electron chi connectivity index (χ1n) is 8.27. The fraction of sp³-hybridized carbons (Fsp3) is 0.333. The van der Waals surface area contributed by atoms with Gasteiger partial charge < -0.3 is 0 Å². The number of aryl methyl sites for hydroxylation is 3. The molecule has 0 saturated heterocycles. The molecule has 0 N–H and O–H groups in total.